The molecule has 0 aliphatic carbocycles. The third-order valence-corrected chi connectivity index (χ3v) is 4.75. The Hall–Kier alpha value is -1.07. The molecule has 0 amide bonds. The molecule has 0 saturated heterocycles. The van der Waals surface area contributed by atoms with Crippen LogP contribution in [0.3, 0.4) is 0 Å². The number of ether oxygens (including phenoxy) is 1. The summed E-state index contributed by atoms with van der Waals surface area (Å²) in [6.45, 7) is 7.78. The molecule has 0 aliphatic heterocycles. The van der Waals surface area contributed by atoms with Crippen LogP contribution in [0.1, 0.15) is 48.2 Å². The summed E-state index contributed by atoms with van der Waals surface area (Å²) in [5, 5.41) is 0. The molecular weight excluding hydrogens is 312 g/mol. The molecule has 1 aromatic carbocycles. The Morgan fingerprint density at radius 1 is 1.29 bits per heavy atom. The van der Waals surface area contributed by atoms with Crippen molar-refractivity contribution in [3.63, 3.8) is 0 Å². The summed E-state index contributed by atoms with van der Waals surface area (Å²) in [5.74, 6) is -0.238. The van der Waals surface area contributed by atoms with Crippen LogP contribution in [0.15, 0.2) is 17.0 Å². The maximum atomic E-state index is 12.1. The number of hydrogen-bond donors (Lipinski definition) is 0. The van der Waals surface area contributed by atoms with E-state index in [1.807, 2.05) is 6.92 Å². The van der Waals surface area contributed by atoms with Gasteiger partial charge < -0.3 is 4.74 Å². The minimum Gasteiger partial charge on any atom is -0.462 e. The smallest absolute Gasteiger partial charge is 0.338 e. The monoisotopic (exact) mass is 332 g/mol. The number of carbonyl (C=O) groups excluding carboxylic acids is 1. The Kier molecular flexibility index (Phi) is 6.23. The molecule has 0 aliphatic rings. The fourth-order valence-corrected chi connectivity index (χ4v) is 3.39. The average molecular weight is 333 g/mol. The van der Waals surface area contributed by atoms with E-state index in [9.17, 15) is 13.2 Å². The van der Waals surface area contributed by atoms with E-state index in [2.05, 4.69) is 6.92 Å². The van der Waals surface area contributed by atoms with Gasteiger partial charge in [0.2, 0.25) is 0 Å². The van der Waals surface area contributed by atoms with Gasteiger partial charge in [0.1, 0.15) is 0 Å². The summed E-state index contributed by atoms with van der Waals surface area (Å²) in [6.07, 6.45) is 2.00. The summed E-state index contributed by atoms with van der Waals surface area (Å²) in [6, 6.07) is 2.92. The van der Waals surface area contributed by atoms with Crippen LogP contribution in [0, 0.1) is 19.8 Å². The lowest BCUT2D eigenvalue weighted by atomic mass is 10.1. The quantitative estimate of drug-likeness (QED) is 0.587. The van der Waals surface area contributed by atoms with Gasteiger partial charge >= 0.3 is 5.97 Å². The van der Waals surface area contributed by atoms with E-state index >= 15 is 0 Å². The molecule has 0 radical (unpaired) electrons. The molecule has 0 spiro atoms. The van der Waals surface area contributed by atoms with E-state index in [4.69, 9.17) is 15.4 Å². The largest absolute Gasteiger partial charge is 0.462 e. The first-order valence-corrected chi connectivity index (χ1v) is 9.20. The van der Waals surface area contributed by atoms with E-state index < -0.39 is 15.0 Å². The Labute approximate surface area is 130 Å². The van der Waals surface area contributed by atoms with Crippen LogP contribution in [0.2, 0.25) is 0 Å². The molecule has 1 unspecified atom stereocenters. The molecule has 0 heterocycles. The number of esters is 1. The summed E-state index contributed by atoms with van der Waals surface area (Å²) >= 11 is 0. The normalized spacial score (nSPS) is 13.0. The highest BCUT2D eigenvalue weighted by Gasteiger charge is 2.20. The van der Waals surface area contributed by atoms with E-state index in [0.717, 1.165) is 12.8 Å². The predicted octanol–water partition coefficient (Wildman–Crippen LogP) is 3.82. The fourth-order valence-electron chi connectivity index (χ4n) is 2.19. The van der Waals surface area contributed by atoms with Crippen LogP contribution < -0.4 is 0 Å². The van der Waals surface area contributed by atoms with Gasteiger partial charge in [-0.15, -0.1) is 0 Å². The summed E-state index contributed by atoms with van der Waals surface area (Å²) < 4.78 is 28.3. The molecule has 0 fully saturated rings. The summed E-state index contributed by atoms with van der Waals surface area (Å²) in [4.78, 5) is 12.1. The molecule has 0 saturated carbocycles. The Balaban J connectivity index is 3.00. The molecule has 6 heteroatoms. The molecule has 1 aromatic rings. The van der Waals surface area contributed by atoms with Crippen molar-refractivity contribution in [1.82, 2.24) is 0 Å². The Morgan fingerprint density at radius 2 is 1.90 bits per heavy atom. The Bertz CT molecular complexity index is 623. The van der Waals surface area contributed by atoms with Crippen molar-refractivity contribution in [3.05, 3.63) is 28.8 Å². The molecule has 1 rings (SSSR count). The second-order valence-corrected chi connectivity index (χ2v) is 7.90. The topological polar surface area (TPSA) is 60.4 Å². The number of aryl methyl sites for hydroxylation is 2. The van der Waals surface area contributed by atoms with Gasteiger partial charge in [-0.3, -0.25) is 0 Å². The standard InChI is InChI=1S/C15H21ClO4S/c1-5-6-10(2)9-20-15(17)13-8-14(21(16,18)19)12(4)7-11(13)3/h7-8,10H,5-6,9H2,1-4H3. The lowest BCUT2D eigenvalue weighted by Gasteiger charge is -2.13. The zero-order chi connectivity index (χ0) is 16.2. The van der Waals surface area contributed by atoms with Gasteiger partial charge in [0.25, 0.3) is 9.05 Å². The second-order valence-electron chi connectivity index (χ2n) is 5.36. The molecule has 0 aromatic heterocycles. The maximum Gasteiger partial charge on any atom is 0.338 e. The van der Waals surface area contributed by atoms with Crippen molar-refractivity contribution < 1.29 is 17.9 Å². The van der Waals surface area contributed by atoms with Gasteiger partial charge in [0, 0.05) is 10.7 Å². The zero-order valence-corrected chi connectivity index (χ0v) is 14.3. The first kappa shape index (κ1) is 18.0. The van der Waals surface area contributed by atoms with Crippen LogP contribution >= 0.6 is 10.7 Å². The van der Waals surface area contributed by atoms with Gasteiger partial charge in [-0.25, -0.2) is 13.2 Å². The molecule has 4 nitrogen and oxygen atoms in total. The van der Waals surface area contributed by atoms with Gasteiger partial charge in [0.05, 0.1) is 17.1 Å². The van der Waals surface area contributed by atoms with Gasteiger partial charge in [0.15, 0.2) is 0 Å². The number of carbonyl (C=O) groups is 1. The summed E-state index contributed by atoms with van der Waals surface area (Å²) in [7, 11) is 1.50. The van der Waals surface area contributed by atoms with Crippen molar-refractivity contribution in [3.8, 4) is 0 Å². The number of hydrogen-bond acceptors (Lipinski definition) is 4. The second kappa shape index (κ2) is 7.27. The van der Waals surface area contributed by atoms with Crippen molar-refractivity contribution in [2.24, 2.45) is 5.92 Å². The van der Waals surface area contributed by atoms with Crippen LogP contribution in [-0.4, -0.2) is 21.0 Å². The van der Waals surface area contributed by atoms with Crippen molar-refractivity contribution in [2.45, 2.75) is 45.4 Å². The van der Waals surface area contributed by atoms with E-state index in [1.54, 1.807) is 19.9 Å². The molecule has 1 atom stereocenters. The fraction of sp³-hybridized carbons (Fsp3) is 0.533. The molecule has 21 heavy (non-hydrogen) atoms. The molecular formula is C15H21ClO4S. The van der Waals surface area contributed by atoms with Gasteiger partial charge in [-0.05, 0) is 43.4 Å². The van der Waals surface area contributed by atoms with Gasteiger partial charge in [-0.1, -0.05) is 26.3 Å². The third kappa shape index (κ3) is 5.00. The first-order chi connectivity index (χ1) is 9.66. The lowest BCUT2D eigenvalue weighted by molar-refractivity contribution is 0.0442. The zero-order valence-electron chi connectivity index (χ0n) is 12.8. The number of benzene rings is 1. The average Bonchev–Trinajstić information content (AvgIpc) is 2.34. The minimum absolute atomic E-state index is 0.0525. The molecule has 0 bridgehead atoms. The highest BCUT2D eigenvalue weighted by atomic mass is 35.7. The van der Waals surface area contributed by atoms with Crippen LogP contribution in [0.4, 0.5) is 0 Å². The first-order valence-electron chi connectivity index (χ1n) is 6.89. The number of halogens is 1. The Morgan fingerprint density at radius 3 is 2.43 bits per heavy atom. The van der Waals surface area contributed by atoms with Crippen LogP contribution in [0.5, 0.6) is 0 Å². The highest BCUT2D eigenvalue weighted by molar-refractivity contribution is 8.13. The molecule has 0 N–H and O–H groups in total. The van der Waals surface area contributed by atoms with Crippen molar-refractivity contribution >= 4 is 25.7 Å². The number of rotatable bonds is 6. The van der Waals surface area contributed by atoms with E-state index in [-0.39, 0.29) is 16.4 Å². The minimum atomic E-state index is -3.88. The van der Waals surface area contributed by atoms with E-state index in [1.165, 1.54) is 6.07 Å². The van der Waals surface area contributed by atoms with Crippen LogP contribution in [0.25, 0.3) is 0 Å². The predicted molar refractivity (Wildman–Crippen MR) is 83.3 cm³/mol. The third-order valence-electron chi connectivity index (χ3n) is 3.28. The van der Waals surface area contributed by atoms with Crippen molar-refractivity contribution in [1.29, 1.82) is 0 Å². The van der Waals surface area contributed by atoms with Crippen molar-refractivity contribution in [2.75, 3.05) is 6.61 Å². The SMILES string of the molecule is CCCC(C)COC(=O)c1cc(S(=O)(=O)Cl)c(C)cc1C. The van der Waals surface area contributed by atoms with Crippen LogP contribution in [-0.2, 0) is 13.8 Å². The maximum absolute atomic E-state index is 12.1. The van der Waals surface area contributed by atoms with E-state index in [0.29, 0.717) is 17.7 Å². The van der Waals surface area contributed by atoms with Gasteiger partial charge in [-0.2, -0.15) is 0 Å². The lowest BCUT2D eigenvalue weighted by Crippen LogP contribution is -2.14. The summed E-state index contributed by atoms with van der Waals surface area (Å²) in [5.41, 5.74) is 1.42. The molecule has 118 valence electrons. The highest BCUT2D eigenvalue weighted by Crippen LogP contribution is 2.24.